The summed E-state index contributed by atoms with van der Waals surface area (Å²) in [5.41, 5.74) is 2.00. The molecule has 0 aliphatic carbocycles. The summed E-state index contributed by atoms with van der Waals surface area (Å²) in [6.07, 6.45) is 6.66. The van der Waals surface area contributed by atoms with Crippen LogP contribution in [0.3, 0.4) is 0 Å². The van der Waals surface area contributed by atoms with Crippen LogP contribution in [-0.2, 0) is 11.3 Å². The maximum Gasteiger partial charge on any atom is 0.246 e. The number of rotatable bonds is 6. The van der Waals surface area contributed by atoms with Crippen molar-refractivity contribution in [1.82, 2.24) is 29.9 Å². The van der Waals surface area contributed by atoms with Gasteiger partial charge in [-0.05, 0) is 44.0 Å². The molecular formula is C20H24N8O. The van der Waals surface area contributed by atoms with Gasteiger partial charge in [-0.1, -0.05) is 6.58 Å². The van der Waals surface area contributed by atoms with Gasteiger partial charge in [0, 0.05) is 36.7 Å². The number of anilines is 3. The summed E-state index contributed by atoms with van der Waals surface area (Å²) in [6.45, 7) is 7.81. The number of hydrogen-bond acceptors (Lipinski definition) is 7. The smallest absolute Gasteiger partial charge is 0.246 e. The lowest BCUT2D eigenvalue weighted by atomic mass is 10.1. The molecule has 4 rings (SSSR count). The Kier molecular flexibility index (Phi) is 5.37. The zero-order chi connectivity index (χ0) is 20.2. The highest BCUT2D eigenvalue weighted by atomic mass is 16.2. The van der Waals surface area contributed by atoms with Crippen LogP contribution < -0.4 is 10.6 Å². The lowest BCUT2D eigenvalue weighted by Crippen LogP contribution is -2.44. The standard InChI is InChI=1S/C20H24N8O/c1-3-19(29)27-9-5-6-16(13-27)24-20-25-18(12-21-26-20)23-15-7-8-17-14(10-15)11-22-28(17)4-2/h3,7-8,10-12,16H,1,4-6,9,13H2,2H3,(H2,23,24,25,26). The van der Waals surface area contributed by atoms with Crippen molar-refractivity contribution in [3.05, 3.63) is 43.2 Å². The van der Waals surface area contributed by atoms with Gasteiger partial charge in [0.2, 0.25) is 11.9 Å². The van der Waals surface area contributed by atoms with E-state index < -0.39 is 0 Å². The number of nitrogens with zero attached hydrogens (tertiary/aromatic N) is 6. The fraction of sp³-hybridized carbons (Fsp3) is 0.350. The van der Waals surface area contributed by atoms with Crippen LogP contribution in [0.2, 0.25) is 0 Å². The Morgan fingerprint density at radius 2 is 2.28 bits per heavy atom. The van der Waals surface area contributed by atoms with Crippen molar-refractivity contribution in [2.75, 3.05) is 23.7 Å². The van der Waals surface area contributed by atoms with Crippen LogP contribution in [0.4, 0.5) is 17.5 Å². The van der Waals surface area contributed by atoms with Crippen LogP contribution in [0.25, 0.3) is 10.9 Å². The maximum atomic E-state index is 11.9. The predicted octanol–water partition coefficient (Wildman–Crippen LogP) is 2.57. The van der Waals surface area contributed by atoms with Crippen molar-refractivity contribution in [3.63, 3.8) is 0 Å². The molecule has 29 heavy (non-hydrogen) atoms. The van der Waals surface area contributed by atoms with E-state index in [0.717, 1.165) is 42.5 Å². The second-order valence-corrected chi connectivity index (χ2v) is 7.00. The Hall–Kier alpha value is -3.49. The van der Waals surface area contributed by atoms with Crippen LogP contribution in [-0.4, -0.2) is 54.9 Å². The van der Waals surface area contributed by atoms with Crippen LogP contribution in [0.1, 0.15) is 19.8 Å². The third-order valence-electron chi connectivity index (χ3n) is 5.01. The molecule has 9 nitrogen and oxygen atoms in total. The molecule has 1 unspecified atom stereocenters. The number of carbonyl (C=O) groups is 1. The first-order chi connectivity index (χ1) is 14.2. The van der Waals surface area contributed by atoms with Gasteiger partial charge >= 0.3 is 0 Å². The van der Waals surface area contributed by atoms with Gasteiger partial charge in [-0.15, -0.1) is 5.10 Å². The van der Waals surface area contributed by atoms with Gasteiger partial charge in [0.05, 0.1) is 17.9 Å². The third-order valence-corrected chi connectivity index (χ3v) is 5.01. The van der Waals surface area contributed by atoms with Crippen molar-refractivity contribution in [2.45, 2.75) is 32.4 Å². The lowest BCUT2D eigenvalue weighted by Gasteiger charge is -2.32. The van der Waals surface area contributed by atoms with Crippen molar-refractivity contribution in [2.24, 2.45) is 0 Å². The molecule has 1 amide bonds. The average molecular weight is 392 g/mol. The normalized spacial score (nSPS) is 16.6. The van der Waals surface area contributed by atoms with Crippen molar-refractivity contribution in [1.29, 1.82) is 0 Å². The lowest BCUT2D eigenvalue weighted by molar-refractivity contribution is -0.127. The van der Waals surface area contributed by atoms with E-state index in [1.807, 2.05) is 29.1 Å². The van der Waals surface area contributed by atoms with Crippen molar-refractivity contribution >= 4 is 34.3 Å². The van der Waals surface area contributed by atoms with Crippen molar-refractivity contribution in [3.8, 4) is 0 Å². The molecule has 3 aromatic rings. The molecular weight excluding hydrogens is 368 g/mol. The highest BCUT2D eigenvalue weighted by Gasteiger charge is 2.22. The number of nitrogens with one attached hydrogen (secondary N) is 2. The molecule has 1 aliphatic rings. The number of fused-ring (bicyclic) bond motifs is 1. The third kappa shape index (κ3) is 4.18. The van der Waals surface area contributed by atoms with E-state index in [9.17, 15) is 4.79 Å². The molecule has 1 aliphatic heterocycles. The first kappa shape index (κ1) is 18.9. The number of benzene rings is 1. The molecule has 1 atom stereocenters. The second-order valence-electron chi connectivity index (χ2n) is 7.00. The molecule has 3 heterocycles. The molecule has 9 heteroatoms. The monoisotopic (exact) mass is 392 g/mol. The molecule has 2 aromatic heterocycles. The number of aryl methyl sites for hydroxylation is 1. The van der Waals surface area contributed by atoms with Gasteiger partial charge in [0.1, 0.15) is 0 Å². The number of amides is 1. The predicted molar refractivity (Wildman–Crippen MR) is 112 cm³/mol. The average Bonchev–Trinajstić information content (AvgIpc) is 3.16. The number of likely N-dealkylation sites (tertiary alicyclic amines) is 1. The molecule has 1 fully saturated rings. The maximum absolute atomic E-state index is 11.9. The minimum absolute atomic E-state index is 0.0484. The quantitative estimate of drug-likeness (QED) is 0.622. The molecule has 1 aromatic carbocycles. The zero-order valence-corrected chi connectivity index (χ0v) is 16.4. The van der Waals surface area contributed by atoms with Crippen LogP contribution in [0.5, 0.6) is 0 Å². The van der Waals surface area contributed by atoms with E-state index in [4.69, 9.17) is 0 Å². The SMILES string of the molecule is C=CC(=O)N1CCCC(Nc2nncc(Nc3ccc4c(cnn4CC)c3)n2)C1. The molecule has 150 valence electrons. The molecule has 2 N–H and O–H groups in total. The summed E-state index contributed by atoms with van der Waals surface area (Å²) in [7, 11) is 0. The first-order valence-corrected chi connectivity index (χ1v) is 9.76. The number of aromatic nitrogens is 5. The van der Waals surface area contributed by atoms with Gasteiger partial charge in [0.15, 0.2) is 5.82 Å². The van der Waals surface area contributed by atoms with Gasteiger partial charge in [-0.25, -0.2) is 0 Å². The van der Waals surface area contributed by atoms with Gasteiger partial charge in [-0.2, -0.15) is 15.2 Å². The Morgan fingerprint density at radius 3 is 3.10 bits per heavy atom. The van der Waals surface area contributed by atoms with E-state index in [1.54, 1.807) is 11.1 Å². The number of piperidine rings is 1. The minimum atomic E-state index is -0.0484. The molecule has 0 saturated carbocycles. The fourth-order valence-electron chi connectivity index (χ4n) is 3.60. The molecule has 1 saturated heterocycles. The van der Waals surface area contributed by atoms with E-state index in [1.165, 1.54) is 6.08 Å². The molecule has 0 radical (unpaired) electrons. The van der Waals surface area contributed by atoms with E-state index in [-0.39, 0.29) is 11.9 Å². The highest BCUT2D eigenvalue weighted by Crippen LogP contribution is 2.22. The Morgan fingerprint density at radius 1 is 1.38 bits per heavy atom. The summed E-state index contributed by atoms with van der Waals surface area (Å²) >= 11 is 0. The summed E-state index contributed by atoms with van der Waals surface area (Å²) in [4.78, 5) is 18.2. The summed E-state index contributed by atoms with van der Waals surface area (Å²) in [6, 6.07) is 6.14. The van der Waals surface area contributed by atoms with Crippen LogP contribution in [0, 0.1) is 0 Å². The van der Waals surface area contributed by atoms with Gasteiger partial charge in [0.25, 0.3) is 0 Å². The Labute approximate surface area is 168 Å². The summed E-state index contributed by atoms with van der Waals surface area (Å²) < 4.78 is 1.96. The van der Waals surface area contributed by atoms with E-state index in [0.29, 0.717) is 18.3 Å². The molecule has 0 bridgehead atoms. The fourth-order valence-corrected chi connectivity index (χ4v) is 3.60. The van der Waals surface area contributed by atoms with Crippen molar-refractivity contribution < 1.29 is 4.79 Å². The zero-order valence-electron chi connectivity index (χ0n) is 16.4. The number of carbonyl (C=O) groups excluding carboxylic acids is 1. The topological polar surface area (TPSA) is 101 Å². The summed E-state index contributed by atoms with van der Waals surface area (Å²) in [5, 5.41) is 20.1. The van der Waals surface area contributed by atoms with Gasteiger partial charge in [-0.3, -0.25) is 9.48 Å². The molecule has 0 spiro atoms. The van der Waals surface area contributed by atoms with E-state index >= 15 is 0 Å². The Balaban J connectivity index is 1.45. The Bertz CT molecular complexity index is 1030. The summed E-state index contributed by atoms with van der Waals surface area (Å²) in [5.74, 6) is 0.986. The van der Waals surface area contributed by atoms with Crippen LogP contribution >= 0.6 is 0 Å². The van der Waals surface area contributed by atoms with Crippen LogP contribution in [0.15, 0.2) is 43.2 Å². The van der Waals surface area contributed by atoms with Gasteiger partial charge < -0.3 is 15.5 Å². The van der Waals surface area contributed by atoms with E-state index in [2.05, 4.69) is 44.4 Å². The minimum Gasteiger partial charge on any atom is -0.348 e. The largest absolute Gasteiger partial charge is 0.348 e. The first-order valence-electron chi connectivity index (χ1n) is 9.76. The highest BCUT2D eigenvalue weighted by molar-refractivity contribution is 5.87. The number of hydrogen-bond donors (Lipinski definition) is 2. The second kappa shape index (κ2) is 8.26.